The van der Waals surface area contributed by atoms with Crippen molar-refractivity contribution in [3.63, 3.8) is 0 Å². The molecule has 1 unspecified atom stereocenters. The van der Waals surface area contributed by atoms with E-state index >= 15 is 0 Å². The largest absolute Gasteiger partial charge is 0.464 e. The zero-order valence-corrected chi connectivity index (χ0v) is 13.1. The lowest BCUT2D eigenvalue weighted by Gasteiger charge is -2.15. The van der Waals surface area contributed by atoms with E-state index in [1.807, 2.05) is 26.0 Å². The van der Waals surface area contributed by atoms with Gasteiger partial charge in [-0.15, -0.1) is 0 Å². The molecule has 7 heteroatoms. The van der Waals surface area contributed by atoms with Gasteiger partial charge in [0.15, 0.2) is 0 Å². The number of hydrogen-bond acceptors (Lipinski definition) is 5. The summed E-state index contributed by atoms with van der Waals surface area (Å²) in [5.41, 5.74) is 2.07. The summed E-state index contributed by atoms with van der Waals surface area (Å²) in [6, 6.07) is 5.51. The van der Waals surface area contributed by atoms with Gasteiger partial charge in [0.2, 0.25) is 0 Å². The lowest BCUT2D eigenvalue weighted by Crippen LogP contribution is -2.06. The maximum Gasteiger partial charge on any atom is 0.130 e. The molecule has 0 aliphatic heterocycles. The molecule has 0 aliphatic rings. The van der Waals surface area contributed by atoms with Gasteiger partial charge in [0.05, 0.1) is 33.5 Å². The molecule has 3 rings (SSSR count). The molecule has 0 amide bonds. The molecule has 0 aliphatic carbocycles. The van der Waals surface area contributed by atoms with Crippen molar-refractivity contribution in [2.45, 2.75) is 19.9 Å². The molecular weight excluding hydrogens is 317 g/mol. The molecule has 2 heterocycles. The average Bonchev–Trinajstić information content (AvgIpc) is 3.02. The fourth-order valence-electron chi connectivity index (χ4n) is 1.99. The number of nitrogens with one attached hydrogen (secondary N) is 1. The summed E-state index contributed by atoms with van der Waals surface area (Å²) in [4.78, 5) is 0. The summed E-state index contributed by atoms with van der Waals surface area (Å²) in [6.45, 7) is 3.91. The van der Waals surface area contributed by atoms with E-state index in [9.17, 15) is 0 Å². The van der Waals surface area contributed by atoms with Crippen LogP contribution >= 0.6 is 34.9 Å². The third-order valence-corrected chi connectivity index (χ3v) is 4.11. The summed E-state index contributed by atoms with van der Waals surface area (Å²) in [5.74, 6) is 1.71. The Morgan fingerprint density at radius 1 is 1.20 bits per heavy atom. The van der Waals surface area contributed by atoms with Crippen LogP contribution in [-0.2, 0) is 0 Å². The minimum absolute atomic E-state index is 0.0349. The number of fused-ring (bicyclic) bond motifs is 1. The zero-order valence-electron chi connectivity index (χ0n) is 10.8. The van der Waals surface area contributed by atoms with Gasteiger partial charge in [-0.3, -0.25) is 0 Å². The Bertz CT molecular complexity index is 768. The van der Waals surface area contributed by atoms with E-state index in [2.05, 4.69) is 14.1 Å². The average molecular weight is 328 g/mol. The molecule has 0 saturated carbocycles. The number of aromatic nitrogens is 2. The van der Waals surface area contributed by atoms with E-state index in [1.165, 1.54) is 0 Å². The topological polar surface area (TPSA) is 51.0 Å². The van der Waals surface area contributed by atoms with E-state index in [0.717, 1.165) is 28.9 Å². The van der Waals surface area contributed by atoms with Gasteiger partial charge in [-0.1, -0.05) is 23.2 Å². The lowest BCUT2D eigenvalue weighted by molar-refractivity contribution is 0.467. The number of nitrogens with zero attached hydrogens (tertiary/aromatic N) is 2. The van der Waals surface area contributed by atoms with Crippen molar-refractivity contribution in [2.75, 3.05) is 5.32 Å². The molecule has 1 N–H and O–H groups in total. The molecule has 0 spiro atoms. The molecule has 0 saturated heterocycles. The molecule has 1 aromatic carbocycles. The Morgan fingerprint density at radius 2 is 1.95 bits per heavy atom. The summed E-state index contributed by atoms with van der Waals surface area (Å²) in [5, 5.41) is 4.34. The van der Waals surface area contributed by atoms with Gasteiger partial charge >= 0.3 is 0 Å². The normalized spacial score (nSPS) is 12.8. The van der Waals surface area contributed by atoms with Gasteiger partial charge in [0.25, 0.3) is 0 Å². The number of rotatable bonds is 3. The molecule has 0 radical (unpaired) electrons. The SMILES string of the molecule is Cc1ccc(C(C)Nc2c(Cl)cc(Cl)c3nsnc23)o1. The minimum Gasteiger partial charge on any atom is -0.464 e. The van der Waals surface area contributed by atoms with Crippen molar-refractivity contribution in [3.8, 4) is 0 Å². The molecule has 3 aromatic rings. The smallest absolute Gasteiger partial charge is 0.130 e. The second-order valence-electron chi connectivity index (χ2n) is 4.49. The van der Waals surface area contributed by atoms with Crippen LogP contribution in [0.5, 0.6) is 0 Å². The monoisotopic (exact) mass is 327 g/mol. The second kappa shape index (κ2) is 5.24. The van der Waals surface area contributed by atoms with E-state index in [4.69, 9.17) is 27.6 Å². The first-order valence-electron chi connectivity index (χ1n) is 5.99. The zero-order chi connectivity index (χ0) is 14.3. The minimum atomic E-state index is -0.0349. The lowest BCUT2D eigenvalue weighted by atomic mass is 10.2. The highest BCUT2D eigenvalue weighted by Crippen LogP contribution is 2.37. The predicted molar refractivity (Wildman–Crippen MR) is 82.9 cm³/mol. The van der Waals surface area contributed by atoms with Crippen molar-refractivity contribution in [1.82, 2.24) is 8.75 Å². The third kappa shape index (κ3) is 2.37. The Morgan fingerprint density at radius 3 is 2.65 bits per heavy atom. The first kappa shape index (κ1) is 13.7. The van der Waals surface area contributed by atoms with Gasteiger partial charge < -0.3 is 9.73 Å². The number of hydrogen-bond donors (Lipinski definition) is 1. The van der Waals surface area contributed by atoms with Gasteiger partial charge in [-0.25, -0.2) is 0 Å². The van der Waals surface area contributed by atoms with Crippen LogP contribution in [-0.4, -0.2) is 8.75 Å². The second-order valence-corrected chi connectivity index (χ2v) is 5.83. The van der Waals surface area contributed by atoms with Crippen LogP contribution in [0.15, 0.2) is 22.6 Å². The van der Waals surface area contributed by atoms with Crippen LogP contribution in [0.25, 0.3) is 11.0 Å². The number of furan rings is 1. The van der Waals surface area contributed by atoms with Crippen LogP contribution in [0.3, 0.4) is 0 Å². The van der Waals surface area contributed by atoms with Gasteiger partial charge in [0, 0.05) is 0 Å². The molecule has 1 atom stereocenters. The molecule has 2 aromatic heterocycles. The van der Waals surface area contributed by atoms with Crippen molar-refractivity contribution in [2.24, 2.45) is 0 Å². The fourth-order valence-corrected chi connectivity index (χ4v) is 3.15. The van der Waals surface area contributed by atoms with Crippen LogP contribution in [0.2, 0.25) is 10.0 Å². The summed E-state index contributed by atoms with van der Waals surface area (Å²) < 4.78 is 14.1. The van der Waals surface area contributed by atoms with E-state index < -0.39 is 0 Å². The Labute approximate surface area is 130 Å². The van der Waals surface area contributed by atoms with Crippen molar-refractivity contribution < 1.29 is 4.42 Å². The van der Waals surface area contributed by atoms with Crippen molar-refractivity contribution in [1.29, 1.82) is 0 Å². The van der Waals surface area contributed by atoms with Gasteiger partial charge in [0.1, 0.15) is 22.6 Å². The van der Waals surface area contributed by atoms with E-state index in [1.54, 1.807) is 6.07 Å². The Kier molecular flexibility index (Phi) is 3.58. The summed E-state index contributed by atoms with van der Waals surface area (Å²) >= 11 is 13.5. The number of anilines is 1. The van der Waals surface area contributed by atoms with Crippen LogP contribution in [0.1, 0.15) is 24.5 Å². The maximum atomic E-state index is 6.26. The number of halogens is 2. The highest BCUT2D eigenvalue weighted by molar-refractivity contribution is 7.00. The molecular formula is C13H11Cl2N3OS. The standard InChI is InChI=1S/C13H11Cl2N3OS/c1-6-3-4-10(19-6)7(2)16-11-8(14)5-9(15)12-13(11)18-20-17-12/h3-5,7,16H,1-2H3. The van der Waals surface area contributed by atoms with Crippen molar-refractivity contribution >= 4 is 51.7 Å². The van der Waals surface area contributed by atoms with Gasteiger partial charge in [-0.05, 0) is 32.0 Å². The van der Waals surface area contributed by atoms with Crippen LogP contribution in [0, 0.1) is 6.92 Å². The fraction of sp³-hybridized carbons (Fsp3) is 0.231. The Balaban J connectivity index is 2.00. The highest BCUT2D eigenvalue weighted by atomic mass is 35.5. The van der Waals surface area contributed by atoms with E-state index in [-0.39, 0.29) is 6.04 Å². The summed E-state index contributed by atoms with van der Waals surface area (Å²) in [7, 11) is 0. The first-order valence-corrected chi connectivity index (χ1v) is 7.48. The molecule has 0 fully saturated rings. The van der Waals surface area contributed by atoms with Crippen molar-refractivity contribution in [3.05, 3.63) is 39.8 Å². The molecule has 104 valence electrons. The molecule has 20 heavy (non-hydrogen) atoms. The van der Waals surface area contributed by atoms with Crippen LogP contribution < -0.4 is 5.32 Å². The Hall–Kier alpha value is -1.30. The first-order chi connectivity index (χ1) is 9.56. The number of aryl methyl sites for hydroxylation is 1. The van der Waals surface area contributed by atoms with E-state index in [0.29, 0.717) is 21.1 Å². The van der Waals surface area contributed by atoms with Crippen LogP contribution in [0.4, 0.5) is 5.69 Å². The number of benzene rings is 1. The summed E-state index contributed by atoms with van der Waals surface area (Å²) in [6.07, 6.45) is 0. The molecule has 0 bridgehead atoms. The van der Waals surface area contributed by atoms with Gasteiger partial charge in [-0.2, -0.15) is 8.75 Å². The molecule has 4 nitrogen and oxygen atoms in total. The highest BCUT2D eigenvalue weighted by Gasteiger charge is 2.17. The third-order valence-electron chi connectivity index (χ3n) is 2.99. The quantitative estimate of drug-likeness (QED) is 0.729. The maximum absolute atomic E-state index is 6.26. The predicted octanol–water partition coefficient (Wildman–Crippen LogP) is 5.07.